The molecule has 0 spiro atoms. The van der Waals surface area contributed by atoms with Crippen LogP contribution in [0.5, 0.6) is 0 Å². The Morgan fingerprint density at radius 2 is 1.93 bits per heavy atom. The average Bonchev–Trinajstić information content (AvgIpc) is 3.12. The van der Waals surface area contributed by atoms with Crippen molar-refractivity contribution in [1.82, 2.24) is 19.9 Å². The molecule has 0 atom stereocenters. The summed E-state index contributed by atoms with van der Waals surface area (Å²) in [6.07, 6.45) is 8.36. The molecule has 1 fully saturated rings. The van der Waals surface area contributed by atoms with Crippen LogP contribution < -0.4 is 4.90 Å². The Balaban J connectivity index is 1.63. The van der Waals surface area contributed by atoms with Crippen molar-refractivity contribution in [3.63, 3.8) is 0 Å². The molecule has 7 heteroatoms. The van der Waals surface area contributed by atoms with Gasteiger partial charge in [-0.05, 0) is 43.4 Å². The van der Waals surface area contributed by atoms with Crippen molar-refractivity contribution in [3.05, 3.63) is 35.0 Å². The minimum absolute atomic E-state index is 0.149. The molecule has 1 amide bonds. The van der Waals surface area contributed by atoms with Crippen LogP contribution in [-0.4, -0.2) is 51.9 Å². The molecule has 1 saturated heterocycles. The second-order valence-electron chi connectivity index (χ2n) is 7.50. The van der Waals surface area contributed by atoms with Gasteiger partial charge in [-0.15, -0.1) is 11.3 Å². The van der Waals surface area contributed by atoms with Crippen LogP contribution in [0, 0.1) is 0 Å². The fourth-order valence-corrected chi connectivity index (χ4v) is 5.48. The first-order valence-corrected chi connectivity index (χ1v) is 10.8. The number of anilines is 1. The molecule has 3 aromatic heterocycles. The Hall–Kier alpha value is -2.54. The van der Waals surface area contributed by atoms with Crippen molar-refractivity contribution >= 4 is 33.3 Å². The lowest BCUT2D eigenvalue weighted by molar-refractivity contribution is -0.129. The molecular weight excluding hydrogens is 370 g/mol. The van der Waals surface area contributed by atoms with Gasteiger partial charge in [-0.2, -0.15) is 0 Å². The molecule has 144 valence electrons. The first-order chi connectivity index (χ1) is 13.7. The lowest BCUT2D eigenvalue weighted by Crippen LogP contribution is -2.48. The molecule has 2 aliphatic rings. The molecule has 4 heterocycles. The van der Waals surface area contributed by atoms with Crippen molar-refractivity contribution in [1.29, 1.82) is 0 Å². The number of hydrogen-bond donors (Lipinski definition) is 0. The van der Waals surface area contributed by atoms with Gasteiger partial charge >= 0.3 is 0 Å². The van der Waals surface area contributed by atoms with Crippen molar-refractivity contribution in [3.8, 4) is 11.4 Å². The quantitative estimate of drug-likeness (QED) is 0.668. The summed E-state index contributed by atoms with van der Waals surface area (Å²) in [5, 5.41) is 1.24. The average molecular weight is 394 g/mol. The first-order valence-electron chi connectivity index (χ1n) is 9.94. The van der Waals surface area contributed by atoms with E-state index in [0.29, 0.717) is 0 Å². The summed E-state index contributed by atoms with van der Waals surface area (Å²) in [5.41, 5.74) is 2.40. The van der Waals surface area contributed by atoms with Gasteiger partial charge in [0.25, 0.3) is 0 Å². The predicted molar refractivity (Wildman–Crippen MR) is 112 cm³/mol. The lowest BCUT2D eigenvalue weighted by Gasteiger charge is -2.35. The molecule has 0 saturated carbocycles. The van der Waals surface area contributed by atoms with Gasteiger partial charge in [0.2, 0.25) is 5.91 Å². The molecular formula is C21H23N5OS. The number of pyridine rings is 1. The highest BCUT2D eigenvalue weighted by molar-refractivity contribution is 7.19. The number of nitrogens with zero attached hydrogens (tertiary/aromatic N) is 5. The van der Waals surface area contributed by atoms with Crippen LogP contribution in [0.2, 0.25) is 0 Å². The molecule has 3 aromatic rings. The standard InChI is InChI=1S/C21H23N5OS/c1-14(27)25-9-11-26(12-10-25)20-18-16-6-2-3-7-17(16)28-21(18)24-19(23-20)15-5-4-8-22-13-15/h4-5,8,13H,2-3,6-7,9-12H2,1H3. The van der Waals surface area contributed by atoms with Gasteiger partial charge in [0, 0.05) is 55.9 Å². The van der Waals surface area contributed by atoms with Gasteiger partial charge < -0.3 is 9.80 Å². The van der Waals surface area contributed by atoms with Crippen LogP contribution in [0.4, 0.5) is 5.82 Å². The maximum absolute atomic E-state index is 11.7. The van der Waals surface area contributed by atoms with E-state index in [-0.39, 0.29) is 5.91 Å². The summed E-state index contributed by atoms with van der Waals surface area (Å²) in [5.74, 6) is 1.92. The van der Waals surface area contributed by atoms with E-state index in [1.54, 1.807) is 13.1 Å². The predicted octanol–water partition coefficient (Wildman–Crippen LogP) is 3.30. The van der Waals surface area contributed by atoms with Gasteiger partial charge in [-0.25, -0.2) is 9.97 Å². The molecule has 0 bridgehead atoms. The number of aromatic nitrogens is 3. The third-order valence-electron chi connectivity index (χ3n) is 5.74. The Morgan fingerprint density at radius 3 is 2.68 bits per heavy atom. The Kier molecular flexibility index (Phi) is 4.47. The van der Waals surface area contributed by atoms with Crippen molar-refractivity contribution in [2.24, 2.45) is 0 Å². The summed E-state index contributed by atoms with van der Waals surface area (Å²) in [4.78, 5) is 32.7. The lowest BCUT2D eigenvalue weighted by atomic mass is 9.96. The third kappa shape index (κ3) is 3.03. The number of piperazine rings is 1. The molecule has 1 aliphatic carbocycles. The Labute approximate surface area is 168 Å². The van der Waals surface area contributed by atoms with E-state index in [4.69, 9.17) is 9.97 Å². The number of thiophene rings is 1. The third-order valence-corrected chi connectivity index (χ3v) is 6.93. The zero-order valence-electron chi connectivity index (χ0n) is 16.0. The molecule has 1 aliphatic heterocycles. The van der Waals surface area contributed by atoms with Crippen molar-refractivity contribution in [2.45, 2.75) is 32.6 Å². The highest BCUT2D eigenvalue weighted by atomic mass is 32.1. The second-order valence-corrected chi connectivity index (χ2v) is 8.58. The number of carbonyl (C=O) groups is 1. The molecule has 0 N–H and O–H groups in total. The topological polar surface area (TPSA) is 62.2 Å². The van der Waals surface area contributed by atoms with Gasteiger partial charge in [-0.1, -0.05) is 0 Å². The van der Waals surface area contributed by atoms with E-state index < -0.39 is 0 Å². The van der Waals surface area contributed by atoms with Crippen LogP contribution in [0.15, 0.2) is 24.5 Å². The first kappa shape index (κ1) is 17.6. The number of hydrogen-bond acceptors (Lipinski definition) is 6. The maximum Gasteiger partial charge on any atom is 0.219 e. The number of fused-ring (bicyclic) bond motifs is 3. The van der Waals surface area contributed by atoms with E-state index in [2.05, 4.69) is 9.88 Å². The van der Waals surface area contributed by atoms with Crippen LogP contribution in [0.1, 0.15) is 30.2 Å². The van der Waals surface area contributed by atoms with E-state index in [1.165, 1.54) is 28.7 Å². The number of rotatable bonds is 2. The van der Waals surface area contributed by atoms with E-state index in [0.717, 1.165) is 61.1 Å². The minimum atomic E-state index is 0.149. The summed E-state index contributed by atoms with van der Waals surface area (Å²) < 4.78 is 0. The summed E-state index contributed by atoms with van der Waals surface area (Å²) in [7, 11) is 0. The van der Waals surface area contributed by atoms with Crippen molar-refractivity contribution in [2.75, 3.05) is 31.1 Å². The van der Waals surface area contributed by atoms with Crippen LogP contribution >= 0.6 is 11.3 Å². The Morgan fingerprint density at radius 1 is 1.11 bits per heavy atom. The Bertz CT molecular complexity index is 1020. The minimum Gasteiger partial charge on any atom is -0.352 e. The fraction of sp³-hybridized carbons (Fsp3) is 0.429. The smallest absolute Gasteiger partial charge is 0.219 e. The molecule has 6 nitrogen and oxygen atoms in total. The van der Waals surface area contributed by atoms with Crippen LogP contribution in [0.25, 0.3) is 21.6 Å². The number of amides is 1. The summed E-state index contributed by atoms with van der Waals surface area (Å²) in [6.45, 7) is 4.75. The SMILES string of the molecule is CC(=O)N1CCN(c2nc(-c3cccnc3)nc3sc4c(c23)CCCC4)CC1. The molecule has 5 rings (SSSR count). The zero-order valence-corrected chi connectivity index (χ0v) is 16.8. The largest absolute Gasteiger partial charge is 0.352 e. The normalized spacial score (nSPS) is 17.0. The zero-order chi connectivity index (χ0) is 19.1. The fourth-order valence-electron chi connectivity index (χ4n) is 4.22. The van der Waals surface area contributed by atoms with Gasteiger partial charge in [0.15, 0.2) is 5.82 Å². The molecule has 0 radical (unpaired) electrons. The van der Waals surface area contributed by atoms with Crippen molar-refractivity contribution < 1.29 is 4.79 Å². The molecule has 0 unspecified atom stereocenters. The number of carbonyl (C=O) groups excluding carboxylic acids is 1. The van der Waals surface area contributed by atoms with Crippen LogP contribution in [-0.2, 0) is 17.6 Å². The van der Waals surface area contributed by atoms with Gasteiger partial charge in [0.1, 0.15) is 10.6 Å². The van der Waals surface area contributed by atoms with E-state index in [1.807, 2.05) is 34.6 Å². The van der Waals surface area contributed by atoms with Gasteiger partial charge in [-0.3, -0.25) is 9.78 Å². The highest BCUT2D eigenvalue weighted by Gasteiger charge is 2.26. The van der Waals surface area contributed by atoms with E-state index in [9.17, 15) is 4.79 Å². The summed E-state index contributed by atoms with van der Waals surface area (Å²) >= 11 is 1.83. The van der Waals surface area contributed by atoms with Gasteiger partial charge in [0.05, 0.1) is 5.39 Å². The molecule has 28 heavy (non-hydrogen) atoms. The van der Waals surface area contributed by atoms with E-state index >= 15 is 0 Å². The molecule has 0 aromatic carbocycles. The second kappa shape index (κ2) is 7.13. The maximum atomic E-state index is 11.7. The highest BCUT2D eigenvalue weighted by Crippen LogP contribution is 2.40. The summed E-state index contributed by atoms with van der Waals surface area (Å²) in [6, 6.07) is 3.94. The van der Waals surface area contributed by atoms with Crippen LogP contribution in [0.3, 0.4) is 0 Å². The monoisotopic (exact) mass is 393 g/mol. The number of aryl methyl sites for hydroxylation is 2.